The number of fused-ring (bicyclic) bond motifs is 1. The number of nitrogens with one attached hydrogen (secondary N) is 1. The highest BCUT2D eigenvalue weighted by atomic mass is 32.2. The van der Waals surface area contributed by atoms with E-state index in [1.165, 1.54) is 24.2 Å². The van der Waals surface area contributed by atoms with Gasteiger partial charge in [-0.2, -0.15) is 4.31 Å². The zero-order valence-electron chi connectivity index (χ0n) is 17.0. The van der Waals surface area contributed by atoms with Gasteiger partial charge in [-0.3, -0.25) is 4.79 Å². The molecule has 0 spiro atoms. The number of carbonyl (C=O) groups excluding carboxylic acids is 1. The summed E-state index contributed by atoms with van der Waals surface area (Å²) in [6.07, 6.45) is 5.36. The summed E-state index contributed by atoms with van der Waals surface area (Å²) < 4.78 is 27.6. The van der Waals surface area contributed by atoms with Gasteiger partial charge < -0.3 is 5.32 Å². The lowest BCUT2D eigenvalue weighted by atomic mass is 10.2. The Morgan fingerprint density at radius 2 is 1.77 bits per heavy atom. The van der Waals surface area contributed by atoms with Crippen LogP contribution in [0.2, 0.25) is 0 Å². The van der Waals surface area contributed by atoms with Crippen molar-refractivity contribution in [3.8, 4) is 0 Å². The van der Waals surface area contributed by atoms with Crippen LogP contribution in [0.5, 0.6) is 0 Å². The number of carbonyl (C=O) groups is 1. The largest absolute Gasteiger partial charge is 0.325 e. The molecule has 0 bridgehead atoms. The molecule has 1 aliphatic heterocycles. The van der Waals surface area contributed by atoms with Crippen molar-refractivity contribution in [3.63, 3.8) is 0 Å². The molecule has 7 nitrogen and oxygen atoms in total. The van der Waals surface area contributed by atoms with E-state index in [0.717, 1.165) is 41.6 Å². The minimum Gasteiger partial charge on any atom is -0.325 e. The lowest BCUT2D eigenvalue weighted by Crippen LogP contribution is -2.32. The van der Waals surface area contributed by atoms with Crippen LogP contribution in [-0.4, -0.2) is 47.4 Å². The molecule has 1 aromatic heterocycles. The molecule has 162 valence electrons. The summed E-state index contributed by atoms with van der Waals surface area (Å²) in [7, 11) is -3.56. The number of nitrogens with zero attached hydrogens (tertiary/aromatic N) is 3. The van der Waals surface area contributed by atoms with Crippen molar-refractivity contribution in [2.24, 2.45) is 0 Å². The Morgan fingerprint density at radius 3 is 2.58 bits per heavy atom. The third-order valence-electron chi connectivity index (χ3n) is 5.17. The van der Waals surface area contributed by atoms with Gasteiger partial charge in [0, 0.05) is 24.2 Å². The van der Waals surface area contributed by atoms with Gasteiger partial charge >= 0.3 is 0 Å². The molecular weight excluding hydrogens is 432 g/mol. The van der Waals surface area contributed by atoms with Crippen LogP contribution in [0.3, 0.4) is 0 Å². The zero-order valence-corrected chi connectivity index (χ0v) is 18.7. The maximum Gasteiger partial charge on any atom is 0.243 e. The van der Waals surface area contributed by atoms with E-state index in [-0.39, 0.29) is 16.6 Å². The minimum atomic E-state index is -3.56. The van der Waals surface area contributed by atoms with Crippen molar-refractivity contribution < 1.29 is 13.2 Å². The summed E-state index contributed by atoms with van der Waals surface area (Å²) in [5.41, 5.74) is 1.29. The lowest BCUT2D eigenvalue weighted by molar-refractivity contribution is -0.113. The minimum absolute atomic E-state index is 0.157. The van der Waals surface area contributed by atoms with Crippen molar-refractivity contribution in [3.05, 3.63) is 54.9 Å². The SMILES string of the molecule is O=C(CSc1ncnc2ccccc12)Nc1cccc(S(=O)(=O)N2CCCCCC2)c1. The van der Waals surface area contributed by atoms with Crippen LogP contribution in [0, 0.1) is 0 Å². The number of rotatable bonds is 6. The molecule has 1 saturated heterocycles. The van der Waals surface area contributed by atoms with Gasteiger partial charge in [-0.25, -0.2) is 18.4 Å². The molecule has 9 heteroatoms. The van der Waals surface area contributed by atoms with E-state index >= 15 is 0 Å². The number of sulfonamides is 1. The van der Waals surface area contributed by atoms with Crippen molar-refractivity contribution in [2.75, 3.05) is 24.2 Å². The van der Waals surface area contributed by atoms with Crippen LogP contribution >= 0.6 is 11.8 Å². The Balaban J connectivity index is 1.43. The van der Waals surface area contributed by atoms with E-state index < -0.39 is 10.0 Å². The third-order valence-corrected chi connectivity index (χ3v) is 8.07. The topological polar surface area (TPSA) is 92.3 Å². The monoisotopic (exact) mass is 456 g/mol. The van der Waals surface area contributed by atoms with Gasteiger partial charge in [0.25, 0.3) is 0 Å². The van der Waals surface area contributed by atoms with E-state index in [2.05, 4.69) is 15.3 Å². The zero-order chi connectivity index (χ0) is 21.7. The van der Waals surface area contributed by atoms with E-state index in [1.54, 1.807) is 22.5 Å². The molecule has 0 unspecified atom stereocenters. The fourth-order valence-corrected chi connectivity index (χ4v) is 5.94. The predicted molar refractivity (Wildman–Crippen MR) is 123 cm³/mol. The van der Waals surface area contributed by atoms with Gasteiger partial charge in [-0.1, -0.05) is 48.9 Å². The average Bonchev–Trinajstić information content (AvgIpc) is 3.08. The van der Waals surface area contributed by atoms with Crippen molar-refractivity contribution in [1.82, 2.24) is 14.3 Å². The number of hydrogen-bond donors (Lipinski definition) is 1. The molecule has 1 fully saturated rings. The van der Waals surface area contributed by atoms with Gasteiger partial charge in [-0.15, -0.1) is 0 Å². The number of hydrogen-bond acceptors (Lipinski definition) is 6. The fourth-order valence-electron chi connectivity index (χ4n) is 3.59. The third kappa shape index (κ3) is 5.23. The molecule has 31 heavy (non-hydrogen) atoms. The number of benzene rings is 2. The van der Waals surface area contributed by atoms with Gasteiger partial charge in [-0.05, 0) is 37.1 Å². The number of aromatic nitrogens is 2. The molecule has 2 aromatic carbocycles. The molecule has 1 aliphatic rings. The lowest BCUT2D eigenvalue weighted by Gasteiger charge is -2.20. The second-order valence-electron chi connectivity index (χ2n) is 7.38. The van der Waals surface area contributed by atoms with Crippen molar-refractivity contribution in [1.29, 1.82) is 0 Å². The van der Waals surface area contributed by atoms with Crippen LogP contribution in [0.4, 0.5) is 5.69 Å². The van der Waals surface area contributed by atoms with E-state index in [1.807, 2.05) is 24.3 Å². The fraction of sp³-hybridized carbons (Fsp3) is 0.318. The first-order valence-corrected chi connectivity index (χ1v) is 12.7. The number of anilines is 1. The first-order chi connectivity index (χ1) is 15.0. The maximum absolute atomic E-state index is 13.0. The molecular formula is C22H24N4O3S2. The molecule has 1 amide bonds. The Labute approximate surface area is 186 Å². The van der Waals surface area contributed by atoms with Gasteiger partial charge in [0.05, 0.1) is 16.2 Å². The van der Waals surface area contributed by atoms with Gasteiger partial charge in [0.1, 0.15) is 11.4 Å². The first-order valence-electron chi connectivity index (χ1n) is 10.3. The summed E-state index contributed by atoms with van der Waals surface area (Å²) in [6, 6.07) is 14.1. The number of thioether (sulfide) groups is 1. The summed E-state index contributed by atoms with van der Waals surface area (Å²) in [4.78, 5) is 21.2. The molecule has 0 saturated carbocycles. The van der Waals surface area contributed by atoms with Crippen molar-refractivity contribution >= 4 is 44.3 Å². The molecule has 3 aromatic rings. The Kier molecular flexibility index (Phi) is 6.84. The highest BCUT2D eigenvalue weighted by Gasteiger charge is 2.25. The second-order valence-corrected chi connectivity index (χ2v) is 10.3. The average molecular weight is 457 g/mol. The second kappa shape index (κ2) is 9.76. The van der Waals surface area contributed by atoms with Crippen LogP contribution in [-0.2, 0) is 14.8 Å². The Hall–Kier alpha value is -2.49. The summed E-state index contributed by atoms with van der Waals surface area (Å²) >= 11 is 1.32. The Bertz CT molecular complexity index is 1170. The predicted octanol–water partition coefficient (Wildman–Crippen LogP) is 3.93. The molecule has 4 rings (SSSR count). The van der Waals surface area contributed by atoms with E-state index in [0.29, 0.717) is 18.8 Å². The van der Waals surface area contributed by atoms with Gasteiger partial charge in [0.2, 0.25) is 15.9 Å². The highest BCUT2D eigenvalue weighted by molar-refractivity contribution is 8.00. The number of para-hydroxylation sites is 1. The quantitative estimate of drug-likeness (QED) is 0.446. The Morgan fingerprint density at radius 1 is 1.00 bits per heavy atom. The molecule has 0 atom stereocenters. The normalized spacial score (nSPS) is 15.5. The smallest absolute Gasteiger partial charge is 0.243 e. The van der Waals surface area contributed by atoms with Crippen LogP contribution in [0.15, 0.2) is 64.8 Å². The standard InChI is InChI=1S/C22H24N4O3S2/c27-21(15-30-22-19-10-3-4-11-20(19)23-16-24-22)25-17-8-7-9-18(14-17)31(28,29)26-12-5-1-2-6-13-26/h3-4,7-11,14,16H,1-2,5-6,12-13,15H2,(H,25,27). The summed E-state index contributed by atoms with van der Waals surface area (Å²) in [6.45, 7) is 1.09. The number of amides is 1. The molecule has 0 radical (unpaired) electrons. The van der Waals surface area contributed by atoms with Crippen LogP contribution in [0.25, 0.3) is 10.9 Å². The van der Waals surface area contributed by atoms with E-state index in [4.69, 9.17) is 0 Å². The summed E-state index contributed by atoms with van der Waals surface area (Å²) in [5.74, 6) is -0.0681. The summed E-state index contributed by atoms with van der Waals surface area (Å²) in [5, 5.41) is 4.43. The first kappa shape index (κ1) is 21.7. The molecule has 0 aliphatic carbocycles. The van der Waals surface area contributed by atoms with E-state index in [9.17, 15) is 13.2 Å². The maximum atomic E-state index is 13.0. The van der Waals surface area contributed by atoms with Crippen LogP contribution in [0.1, 0.15) is 25.7 Å². The molecule has 1 N–H and O–H groups in total. The van der Waals surface area contributed by atoms with Gasteiger partial charge in [0.15, 0.2) is 0 Å². The van der Waals surface area contributed by atoms with Crippen LogP contribution < -0.4 is 5.32 Å². The van der Waals surface area contributed by atoms with Crippen molar-refractivity contribution in [2.45, 2.75) is 35.6 Å². The highest BCUT2D eigenvalue weighted by Crippen LogP contribution is 2.25. The molecule has 2 heterocycles.